The number of morpholine rings is 1. The van der Waals surface area contributed by atoms with Crippen LogP contribution < -0.4 is 16.4 Å². The van der Waals surface area contributed by atoms with Crippen LogP contribution in [0.1, 0.15) is 10.5 Å². The van der Waals surface area contributed by atoms with Crippen molar-refractivity contribution in [3.8, 4) is 0 Å². The second-order valence-corrected chi connectivity index (χ2v) is 3.70. The first-order valence-electron chi connectivity index (χ1n) is 5.44. The fraction of sp³-hybridized carbons (Fsp3) is 0.500. The van der Waals surface area contributed by atoms with Crippen LogP contribution >= 0.6 is 0 Å². The Morgan fingerprint density at radius 3 is 3.12 bits per heavy atom. The number of nitrogens with one attached hydrogen (secondary N) is 2. The van der Waals surface area contributed by atoms with E-state index in [-0.39, 0.29) is 11.8 Å². The number of ether oxygens (including phenoxy) is 1. The lowest BCUT2D eigenvalue weighted by Crippen LogP contribution is -2.42. The summed E-state index contributed by atoms with van der Waals surface area (Å²) in [5.74, 6) is -0.197. The summed E-state index contributed by atoms with van der Waals surface area (Å²) < 4.78 is 5.51. The Labute approximate surface area is 98.8 Å². The quantitative estimate of drug-likeness (QED) is 0.619. The molecule has 17 heavy (non-hydrogen) atoms. The van der Waals surface area contributed by atoms with Crippen molar-refractivity contribution >= 4 is 11.7 Å². The number of hydrogen-bond donors (Lipinski definition) is 3. The summed E-state index contributed by atoms with van der Waals surface area (Å²) in [6.07, 6.45) is 3.00. The molecule has 7 heteroatoms. The maximum Gasteiger partial charge on any atom is 0.271 e. The van der Waals surface area contributed by atoms with Gasteiger partial charge in [-0.05, 0) is 0 Å². The summed E-state index contributed by atoms with van der Waals surface area (Å²) in [4.78, 5) is 19.0. The normalized spacial score (nSPS) is 19.9. The number of anilines is 1. The van der Waals surface area contributed by atoms with Gasteiger partial charge in [-0.25, -0.2) is 9.97 Å². The molecule has 1 aliphatic rings. The lowest BCUT2D eigenvalue weighted by molar-refractivity contribution is 0.0371. The summed E-state index contributed by atoms with van der Waals surface area (Å²) in [6, 6.07) is 0. The van der Waals surface area contributed by atoms with Gasteiger partial charge in [0.2, 0.25) is 0 Å². The van der Waals surface area contributed by atoms with Crippen molar-refractivity contribution in [2.75, 3.05) is 31.6 Å². The second kappa shape index (κ2) is 5.55. The van der Waals surface area contributed by atoms with Gasteiger partial charge in [0.1, 0.15) is 0 Å². The Hall–Kier alpha value is -1.73. The standard InChI is InChI=1S/C10H15N5O2/c11-9(16)8-10(14-2-1-13-8)15-6-7-5-12-3-4-17-7/h1-2,7,12H,3-6H2,(H2,11,16)(H,14,15). The Balaban J connectivity index is 1.96. The molecule has 0 spiro atoms. The van der Waals surface area contributed by atoms with E-state index in [0.29, 0.717) is 19.0 Å². The average Bonchev–Trinajstić information content (AvgIpc) is 2.38. The van der Waals surface area contributed by atoms with Gasteiger partial charge in [0, 0.05) is 32.0 Å². The summed E-state index contributed by atoms with van der Waals surface area (Å²) >= 11 is 0. The highest BCUT2D eigenvalue weighted by Gasteiger charge is 2.15. The SMILES string of the molecule is NC(=O)c1nccnc1NCC1CNCCO1. The zero-order valence-electron chi connectivity index (χ0n) is 9.35. The van der Waals surface area contributed by atoms with Gasteiger partial charge in [-0.2, -0.15) is 0 Å². The molecule has 1 aliphatic heterocycles. The molecule has 0 saturated carbocycles. The first-order valence-corrected chi connectivity index (χ1v) is 5.44. The van der Waals surface area contributed by atoms with Crippen molar-refractivity contribution in [2.45, 2.75) is 6.10 Å². The number of amides is 1. The van der Waals surface area contributed by atoms with Crippen molar-refractivity contribution in [1.82, 2.24) is 15.3 Å². The van der Waals surface area contributed by atoms with Gasteiger partial charge >= 0.3 is 0 Å². The molecule has 0 aliphatic carbocycles. The van der Waals surface area contributed by atoms with E-state index in [9.17, 15) is 4.79 Å². The molecular formula is C10H15N5O2. The van der Waals surface area contributed by atoms with E-state index in [0.717, 1.165) is 13.1 Å². The molecule has 2 heterocycles. The van der Waals surface area contributed by atoms with E-state index in [1.165, 1.54) is 12.4 Å². The third-order valence-electron chi connectivity index (χ3n) is 2.43. The van der Waals surface area contributed by atoms with Crippen LogP contribution in [0.3, 0.4) is 0 Å². The number of aromatic nitrogens is 2. The molecule has 2 rings (SSSR count). The molecular weight excluding hydrogens is 222 g/mol. The highest BCUT2D eigenvalue weighted by atomic mass is 16.5. The molecule has 0 aromatic carbocycles. The minimum absolute atomic E-state index is 0.0616. The van der Waals surface area contributed by atoms with Gasteiger partial charge in [0.15, 0.2) is 11.5 Å². The number of nitrogens with zero attached hydrogens (tertiary/aromatic N) is 2. The number of carbonyl (C=O) groups excluding carboxylic acids is 1. The molecule has 0 bridgehead atoms. The van der Waals surface area contributed by atoms with Crippen LogP contribution in [0.5, 0.6) is 0 Å². The van der Waals surface area contributed by atoms with E-state index in [4.69, 9.17) is 10.5 Å². The maximum absolute atomic E-state index is 11.1. The van der Waals surface area contributed by atoms with Gasteiger partial charge in [-0.3, -0.25) is 4.79 Å². The molecule has 4 N–H and O–H groups in total. The third-order valence-corrected chi connectivity index (χ3v) is 2.43. The van der Waals surface area contributed by atoms with Crippen LogP contribution in [-0.4, -0.2) is 48.2 Å². The van der Waals surface area contributed by atoms with Crippen LogP contribution in [-0.2, 0) is 4.74 Å². The second-order valence-electron chi connectivity index (χ2n) is 3.70. The molecule has 1 amide bonds. The van der Waals surface area contributed by atoms with Gasteiger partial charge in [-0.1, -0.05) is 0 Å². The average molecular weight is 237 g/mol. The van der Waals surface area contributed by atoms with E-state index in [1.807, 2.05) is 0 Å². The molecule has 7 nitrogen and oxygen atoms in total. The predicted molar refractivity (Wildman–Crippen MR) is 61.6 cm³/mol. The molecule has 1 saturated heterocycles. The molecule has 1 aromatic rings. The lowest BCUT2D eigenvalue weighted by atomic mass is 10.3. The van der Waals surface area contributed by atoms with Gasteiger partial charge in [-0.15, -0.1) is 0 Å². The van der Waals surface area contributed by atoms with E-state index < -0.39 is 5.91 Å². The third kappa shape index (κ3) is 3.11. The van der Waals surface area contributed by atoms with Gasteiger partial charge < -0.3 is 21.1 Å². The maximum atomic E-state index is 11.1. The van der Waals surface area contributed by atoms with E-state index in [1.54, 1.807) is 0 Å². The number of rotatable bonds is 4. The zero-order valence-corrected chi connectivity index (χ0v) is 9.35. The number of primary amides is 1. The highest BCUT2D eigenvalue weighted by Crippen LogP contribution is 2.08. The zero-order chi connectivity index (χ0) is 12.1. The van der Waals surface area contributed by atoms with Crippen molar-refractivity contribution in [2.24, 2.45) is 5.73 Å². The number of hydrogen-bond acceptors (Lipinski definition) is 6. The summed E-state index contributed by atoms with van der Waals surface area (Å²) in [7, 11) is 0. The highest BCUT2D eigenvalue weighted by molar-refractivity contribution is 5.95. The molecule has 92 valence electrons. The first kappa shape index (κ1) is 11.7. The molecule has 1 atom stereocenters. The van der Waals surface area contributed by atoms with Crippen LogP contribution in [0.15, 0.2) is 12.4 Å². The van der Waals surface area contributed by atoms with Crippen LogP contribution in [0, 0.1) is 0 Å². The van der Waals surface area contributed by atoms with Crippen molar-refractivity contribution in [3.05, 3.63) is 18.1 Å². The topological polar surface area (TPSA) is 102 Å². The Morgan fingerprint density at radius 2 is 2.41 bits per heavy atom. The van der Waals surface area contributed by atoms with Crippen LogP contribution in [0.2, 0.25) is 0 Å². The molecule has 1 unspecified atom stereocenters. The number of carbonyl (C=O) groups is 1. The minimum Gasteiger partial charge on any atom is -0.374 e. The molecule has 1 aromatic heterocycles. The van der Waals surface area contributed by atoms with E-state index in [2.05, 4.69) is 20.6 Å². The summed E-state index contributed by atoms with van der Waals surface area (Å²) in [5.41, 5.74) is 5.35. The molecule has 0 radical (unpaired) electrons. The van der Waals surface area contributed by atoms with Crippen molar-refractivity contribution < 1.29 is 9.53 Å². The lowest BCUT2D eigenvalue weighted by Gasteiger charge is -2.24. The Morgan fingerprint density at radius 1 is 1.59 bits per heavy atom. The molecule has 1 fully saturated rings. The largest absolute Gasteiger partial charge is 0.374 e. The summed E-state index contributed by atoms with van der Waals surface area (Å²) in [6.45, 7) is 2.90. The monoisotopic (exact) mass is 237 g/mol. The first-order chi connectivity index (χ1) is 8.27. The van der Waals surface area contributed by atoms with Gasteiger partial charge in [0.05, 0.1) is 12.7 Å². The number of nitrogens with two attached hydrogens (primary N) is 1. The fourth-order valence-corrected chi connectivity index (χ4v) is 1.61. The van der Waals surface area contributed by atoms with Crippen LogP contribution in [0.4, 0.5) is 5.82 Å². The Kier molecular flexibility index (Phi) is 3.84. The van der Waals surface area contributed by atoms with E-state index >= 15 is 0 Å². The smallest absolute Gasteiger partial charge is 0.271 e. The summed E-state index contributed by atoms with van der Waals surface area (Å²) in [5, 5.41) is 6.24. The Bertz CT molecular complexity index is 392. The van der Waals surface area contributed by atoms with Gasteiger partial charge in [0.25, 0.3) is 5.91 Å². The predicted octanol–water partition coefficient (Wildman–Crippen LogP) is -1.02. The van der Waals surface area contributed by atoms with Crippen molar-refractivity contribution in [3.63, 3.8) is 0 Å². The fourth-order valence-electron chi connectivity index (χ4n) is 1.61. The minimum atomic E-state index is -0.594. The van der Waals surface area contributed by atoms with Crippen LogP contribution in [0.25, 0.3) is 0 Å². The van der Waals surface area contributed by atoms with Crippen molar-refractivity contribution in [1.29, 1.82) is 0 Å².